The molecule has 1 aliphatic heterocycles. The van der Waals surface area contributed by atoms with Gasteiger partial charge in [0.2, 0.25) is 5.91 Å². The molecule has 110 valence electrons. The van der Waals surface area contributed by atoms with Gasteiger partial charge >= 0.3 is 0 Å². The molecule has 3 nitrogen and oxygen atoms in total. The Morgan fingerprint density at radius 2 is 2.15 bits per heavy atom. The number of nitrogens with one attached hydrogen (secondary N) is 1. The summed E-state index contributed by atoms with van der Waals surface area (Å²) < 4.78 is 0. The maximum absolute atomic E-state index is 12.6. The minimum atomic E-state index is -0.101. The fourth-order valence-electron chi connectivity index (χ4n) is 2.64. The summed E-state index contributed by atoms with van der Waals surface area (Å²) >= 11 is 6.08. The first kappa shape index (κ1) is 15.3. The van der Waals surface area contributed by atoms with Crippen LogP contribution >= 0.6 is 11.6 Å². The lowest BCUT2D eigenvalue weighted by molar-refractivity contribution is -0.130. The number of halogens is 1. The zero-order valence-electron chi connectivity index (χ0n) is 12.4. The van der Waals surface area contributed by atoms with Crippen LogP contribution in [0.4, 0.5) is 0 Å². The van der Waals surface area contributed by atoms with Gasteiger partial charge in [0, 0.05) is 11.6 Å². The molecule has 0 spiro atoms. The molecule has 0 aliphatic carbocycles. The van der Waals surface area contributed by atoms with Crippen molar-refractivity contribution < 1.29 is 4.79 Å². The smallest absolute Gasteiger partial charge is 0.241 e. The van der Waals surface area contributed by atoms with Crippen molar-refractivity contribution in [1.82, 2.24) is 10.2 Å². The average molecular weight is 295 g/mol. The molecule has 0 radical (unpaired) electrons. The van der Waals surface area contributed by atoms with E-state index in [9.17, 15) is 4.79 Å². The van der Waals surface area contributed by atoms with Crippen LogP contribution in [-0.2, 0) is 4.79 Å². The Kier molecular flexibility index (Phi) is 5.06. The molecule has 2 rings (SSSR count). The van der Waals surface area contributed by atoms with Crippen LogP contribution in [0.3, 0.4) is 0 Å². The van der Waals surface area contributed by atoms with E-state index < -0.39 is 0 Å². The summed E-state index contributed by atoms with van der Waals surface area (Å²) in [6, 6.07) is 7.66. The second-order valence-electron chi connectivity index (χ2n) is 5.73. The number of carbonyl (C=O) groups is 1. The van der Waals surface area contributed by atoms with Gasteiger partial charge in [-0.2, -0.15) is 0 Å². The Bertz CT molecular complexity index is 475. The summed E-state index contributed by atoms with van der Waals surface area (Å²) in [6.07, 6.45) is 2.05. The zero-order valence-corrected chi connectivity index (χ0v) is 13.2. The highest BCUT2D eigenvalue weighted by molar-refractivity contribution is 6.30. The van der Waals surface area contributed by atoms with Gasteiger partial charge in [0.05, 0.1) is 6.04 Å². The molecule has 0 aromatic heterocycles. The van der Waals surface area contributed by atoms with Crippen molar-refractivity contribution in [3.05, 3.63) is 34.9 Å². The maximum atomic E-state index is 12.6. The molecular formula is C16H23ClN2O. The Morgan fingerprint density at radius 1 is 1.40 bits per heavy atom. The first-order valence-corrected chi connectivity index (χ1v) is 7.74. The number of hydrogen-bond acceptors (Lipinski definition) is 2. The van der Waals surface area contributed by atoms with E-state index in [-0.39, 0.29) is 24.0 Å². The minimum absolute atomic E-state index is 0.0554. The summed E-state index contributed by atoms with van der Waals surface area (Å²) in [5.74, 6) is 0.495. The Balaban J connectivity index is 2.26. The van der Waals surface area contributed by atoms with Gasteiger partial charge in [-0.15, -0.1) is 0 Å². The van der Waals surface area contributed by atoms with Gasteiger partial charge in [0.15, 0.2) is 0 Å². The molecule has 20 heavy (non-hydrogen) atoms. The predicted octanol–water partition coefficient (Wildman–Crippen LogP) is 3.60. The van der Waals surface area contributed by atoms with Gasteiger partial charge in [-0.3, -0.25) is 10.1 Å². The van der Waals surface area contributed by atoms with Crippen molar-refractivity contribution in [3.63, 3.8) is 0 Å². The molecule has 1 aromatic rings. The lowest BCUT2D eigenvalue weighted by atomic mass is 10.1. The molecule has 2 unspecified atom stereocenters. The molecule has 1 heterocycles. The Labute approximate surface area is 126 Å². The molecule has 0 bridgehead atoms. The predicted molar refractivity (Wildman–Crippen MR) is 82.6 cm³/mol. The van der Waals surface area contributed by atoms with Crippen LogP contribution in [0.2, 0.25) is 5.02 Å². The van der Waals surface area contributed by atoms with Gasteiger partial charge in [-0.1, -0.05) is 50.9 Å². The van der Waals surface area contributed by atoms with Gasteiger partial charge in [-0.05, 0) is 30.0 Å². The molecule has 1 aliphatic rings. The normalized spacial score (nSPS) is 22.9. The van der Waals surface area contributed by atoms with Crippen LogP contribution in [-0.4, -0.2) is 23.4 Å². The van der Waals surface area contributed by atoms with Gasteiger partial charge in [0.1, 0.15) is 6.17 Å². The van der Waals surface area contributed by atoms with Crippen molar-refractivity contribution in [2.45, 2.75) is 45.8 Å². The van der Waals surface area contributed by atoms with E-state index in [4.69, 9.17) is 11.6 Å². The number of amides is 1. The van der Waals surface area contributed by atoms with E-state index in [1.54, 1.807) is 0 Å². The third kappa shape index (κ3) is 3.15. The molecule has 1 aromatic carbocycles. The van der Waals surface area contributed by atoms with Gasteiger partial charge < -0.3 is 4.90 Å². The first-order chi connectivity index (χ1) is 9.54. The van der Waals surface area contributed by atoms with Crippen LogP contribution in [0.15, 0.2) is 24.3 Å². The first-order valence-electron chi connectivity index (χ1n) is 7.36. The van der Waals surface area contributed by atoms with Gasteiger partial charge in [0.25, 0.3) is 0 Å². The molecule has 1 amide bonds. The van der Waals surface area contributed by atoms with Crippen molar-refractivity contribution in [2.75, 3.05) is 6.54 Å². The van der Waals surface area contributed by atoms with Crippen molar-refractivity contribution in [2.24, 2.45) is 5.92 Å². The van der Waals surface area contributed by atoms with Crippen molar-refractivity contribution in [1.29, 1.82) is 0 Å². The maximum Gasteiger partial charge on any atom is 0.241 e. The third-order valence-electron chi connectivity index (χ3n) is 3.78. The average Bonchev–Trinajstić information content (AvgIpc) is 2.74. The fraction of sp³-hybridized carbons (Fsp3) is 0.562. The fourth-order valence-corrected chi connectivity index (χ4v) is 2.83. The summed E-state index contributed by atoms with van der Waals surface area (Å²) in [5.41, 5.74) is 1.06. The second-order valence-corrected chi connectivity index (χ2v) is 6.17. The zero-order chi connectivity index (χ0) is 14.7. The monoisotopic (exact) mass is 294 g/mol. The quantitative estimate of drug-likeness (QED) is 0.900. The molecule has 1 N–H and O–H groups in total. The standard InChI is InChI=1S/C16H23ClN2O/c1-4-5-9-19-15(12-7-6-8-13(17)10-12)18-14(11(2)3)16(19)20/h6-8,10-11,14-15,18H,4-5,9H2,1-3H3. The lowest BCUT2D eigenvalue weighted by Gasteiger charge is -2.24. The van der Waals surface area contributed by atoms with E-state index in [0.717, 1.165) is 24.9 Å². The molecule has 2 atom stereocenters. The highest BCUT2D eigenvalue weighted by Gasteiger charge is 2.40. The van der Waals surface area contributed by atoms with E-state index in [0.29, 0.717) is 5.02 Å². The second kappa shape index (κ2) is 6.59. The van der Waals surface area contributed by atoms with E-state index in [1.807, 2.05) is 29.2 Å². The topological polar surface area (TPSA) is 32.3 Å². The van der Waals surface area contributed by atoms with Crippen molar-refractivity contribution in [3.8, 4) is 0 Å². The summed E-state index contributed by atoms with van der Waals surface area (Å²) in [6.45, 7) is 7.09. The molecule has 1 saturated heterocycles. The molecule has 0 saturated carbocycles. The number of hydrogen-bond donors (Lipinski definition) is 1. The van der Waals surface area contributed by atoms with Gasteiger partial charge in [-0.25, -0.2) is 0 Å². The summed E-state index contributed by atoms with van der Waals surface area (Å²) in [5, 5.41) is 4.17. The highest BCUT2D eigenvalue weighted by Crippen LogP contribution is 2.29. The Morgan fingerprint density at radius 3 is 2.75 bits per heavy atom. The summed E-state index contributed by atoms with van der Waals surface area (Å²) in [7, 11) is 0. The highest BCUT2D eigenvalue weighted by atomic mass is 35.5. The number of rotatable bonds is 5. The summed E-state index contributed by atoms with van der Waals surface area (Å²) in [4.78, 5) is 14.5. The molecule has 1 fully saturated rings. The van der Waals surface area contributed by atoms with Crippen LogP contribution in [0, 0.1) is 5.92 Å². The van der Waals surface area contributed by atoms with Crippen LogP contribution in [0.5, 0.6) is 0 Å². The number of nitrogens with zero attached hydrogens (tertiary/aromatic N) is 1. The SMILES string of the molecule is CCCCN1C(=O)C(C(C)C)NC1c1cccc(Cl)c1. The van der Waals surface area contributed by atoms with E-state index in [2.05, 4.69) is 26.1 Å². The number of benzene rings is 1. The van der Waals surface area contributed by atoms with Crippen molar-refractivity contribution >= 4 is 17.5 Å². The number of carbonyl (C=O) groups excluding carboxylic acids is 1. The van der Waals surface area contributed by atoms with Crippen LogP contribution < -0.4 is 5.32 Å². The van der Waals surface area contributed by atoms with E-state index >= 15 is 0 Å². The van der Waals surface area contributed by atoms with E-state index in [1.165, 1.54) is 0 Å². The largest absolute Gasteiger partial charge is 0.322 e. The molecule has 4 heteroatoms. The minimum Gasteiger partial charge on any atom is -0.322 e. The van der Waals surface area contributed by atoms with Crippen LogP contribution in [0.1, 0.15) is 45.3 Å². The molecular weight excluding hydrogens is 272 g/mol. The lowest BCUT2D eigenvalue weighted by Crippen LogP contribution is -2.34. The third-order valence-corrected chi connectivity index (χ3v) is 4.02. The Hall–Kier alpha value is -1.06. The van der Waals surface area contributed by atoms with Crippen LogP contribution in [0.25, 0.3) is 0 Å². The number of unbranched alkanes of at least 4 members (excludes halogenated alkanes) is 1.